The smallest absolute Gasteiger partial charge is 0.0599 e. The van der Waals surface area contributed by atoms with Crippen molar-refractivity contribution in [3.05, 3.63) is 0 Å². The van der Waals surface area contributed by atoms with Gasteiger partial charge in [-0.2, -0.15) is 0 Å². The highest BCUT2D eigenvalue weighted by Gasteiger charge is 2.19. The molecule has 0 saturated carbocycles. The van der Waals surface area contributed by atoms with Gasteiger partial charge in [0.1, 0.15) is 0 Å². The molecule has 0 amide bonds. The van der Waals surface area contributed by atoms with Crippen LogP contribution in [-0.4, -0.2) is 55.4 Å². The molecule has 0 spiro atoms. The maximum atomic E-state index is 8.97. The third-order valence-electron chi connectivity index (χ3n) is 2.10. The number of aliphatic hydroxyl groups excluding tert-OH is 1. The molecule has 0 bridgehead atoms. The zero-order chi connectivity index (χ0) is 8.10. The fourth-order valence-corrected chi connectivity index (χ4v) is 1.44. The molecule has 11 heavy (non-hydrogen) atoms. The summed E-state index contributed by atoms with van der Waals surface area (Å²) in [6.07, 6.45) is 0. The molecule has 1 aliphatic rings. The Morgan fingerprint density at radius 3 is 3.09 bits per heavy atom. The van der Waals surface area contributed by atoms with E-state index in [-0.39, 0.29) is 12.6 Å². The Morgan fingerprint density at radius 2 is 2.45 bits per heavy atom. The van der Waals surface area contributed by atoms with Gasteiger partial charge >= 0.3 is 0 Å². The molecule has 0 radical (unpaired) electrons. The van der Waals surface area contributed by atoms with Gasteiger partial charge in [0.05, 0.1) is 6.61 Å². The molecule has 4 N–H and O–H groups in total. The van der Waals surface area contributed by atoms with Crippen molar-refractivity contribution < 1.29 is 5.11 Å². The van der Waals surface area contributed by atoms with Crippen molar-refractivity contribution in [2.75, 3.05) is 39.3 Å². The molecular weight excluding hydrogens is 142 g/mol. The average Bonchev–Trinajstić information content (AvgIpc) is 2.06. The number of hydrogen-bond donors (Lipinski definition) is 3. The van der Waals surface area contributed by atoms with Crippen LogP contribution in [0.3, 0.4) is 0 Å². The summed E-state index contributed by atoms with van der Waals surface area (Å²) in [5.74, 6) is 0. The summed E-state index contributed by atoms with van der Waals surface area (Å²) in [6.45, 7) is 4.70. The molecule has 1 saturated heterocycles. The van der Waals surface area contributed by atoms with E-state index in [2.05, 4.69) is 10.2 Å². The van der Waals surface area contributed by atoms with Crippen molar-refractivity contribution in [2.24, 2.45) is 5.73 Å². The van der Waals surface area contributed by atoms with Gasteiger partial charge in [-0.05, 0) is 0 Å². The second-order valence-electron chi connectivity index (χ2n) is 2.87. The SMILES string of the molecule is NCCN1CCNCC1CO. The van der Waals surface area contributed by atoms with Crippen LogP contribution in [0.2, 0.25) is 0 Å². The lowest BCUT2D eigenvalue weighted by Gasteiger charge is -2.34. The normalized spacial score (nSPS) is 27.3. The van der Waals surface area contributed by atoms with E-state index < -0.39 is 0 Å². The minimum atomic E-state index is 0.229. The Morgan fingerprint density at radius 1 is 1.64 bits per heavy atom. The van der Waals surface area contributed by atoms with Crippen LogP contribution in [-0.2, 0) is 0 Å². The topological polar surface area (TPSA) is 61.5 Å². The molecule has 4 nitrogen and oxygen atoms in total. The Bertz CT molecular complexity index is 108. The molecule has 4 heteroatoms. The maximum absolute atomic E-state index is 8.97. The Labute approximate surface area is 67.4 Å². The summed E-state index contributed by atoms with van der Waals surface area (Å²) in [7, 11) is 0. The van der Waals surface area contributed by atoms with Gasteiger partial charge in [-0.15, -0.1) is 0 Å². The van der Waals surface area contributed by atoms with Crippen LogP contribution in [0.4, 0.5) is 0 Å². The van der Waals surface area contributed by atoms with Gasteiger partial charge in [0, 0.05) is 38.8 Å². The predicted octanol–water partition coefficient (Wildman–Crippen LogP) is -1.79. The molecule has 66 valence electrons. The largest absolute Gasteiger partial charge is 0.395 e. The molecule has 1 atom stereocenters. The van der Waals surface area contributed by atoms with Crippen molar-refractivity contribution in [1.82, 2.24) is 10.2 Å². The van der Waals surface area contributed by atoms with Gasteiger partial charge < -0.3 is 16.2 Å². The van der Waals surface area contributed by atoms with E-state index in [4.69, 9.17) is 10.8 Å². The first-order valence-electron chi connectivity index (χ1n) is 4.14. The molecule has 0 aliphatic carbocycles. The number of rotatable bonds is 3. The first kappa shape index (κ1) is 8.93. The highest BCUT2D eigenvalue weighted by molar-refractivity contribution is 4.78. The Hall–Kier alpha value is -0.160. The van der Waals surface area contributed by atoms with Crippen LogP contribution in [0.25, 0.3) is 0 Å². The number of nitrogens with zero attached hydrogens (tertiary/aromatic N) is 1. The summed E-state index contributed by atoms with van der Waals surface area (Å²) in [5.41, 5.74) is 5.43. The highest BCUT2D eigenvalue weighted by atomic mass is 16.3. The van der Waals surface area contributed by atoms with Crippen LogP contribution >= 0.6 is 0 Å². The van der Waals surface area contributed by atoms with Crippen LogP contribution in [0.15, 0.2) is 0 Å². The molecule has 0 aromatic rings. The third-order valence-corrected chi connectivity index (χ3v) is 2.10. The van der Waals surface area contributed by atoms with E-state index in [9.17, 15) is 0 Å². The van der Waals surface area contributed by atoms with Crippen molar-refractivity contribution in [2.45, 2.75) is 6.04 Å². The van der Waals surface area contributed by atoms with E-state index in [1.165, 1.54) is 0 Å². The van der Waals surface area contributed by atoms with E-state index in [0.717, 1.165) is 26.2 Å². The summed E-state index contributed by atoms with van der Waals surface area (Å²) in [5, 5.41) is 12.2. The van der Waals surface area contributed by atoms with Crippen molar-refractivity contribution in [1.29, 1.82) is 0 Å². The molecule has 1 unspecified atom stereocenters. The fraction of sp³-hybridized carbons (Fsp3) is 1.00. The third kappa shape index (κ3) is 2.41. The van der Waals surface area contributed by atoms with Gasteiger partial charge in [-0.1, -0.05) is 0 Å². The summed E-state index contributed by atoms with van der Waals surface area (Å²) < 4.78 is 0. The number of nitrogens with one attached hydrogen (secondary N) is 1. The predicted molar refractivity (Wildman–Crippen MR) is 44.4 cm³/mol. The average molecular weight is 159 g/mol. The number of aliphatic hydroxyl groups is 1. The van der Waals surface area contributed by atoms with E-state index in [1.807, 2.05) is 0 Å². The lowest BCUT2D eigenvalue weighted by atomic mass is 10.2. The van der Waals surface area contributed by atoms with Crippen LogP contribution in [0.5, 0.6) is 0 Å². The molecule has 0 aromatic carbocycles. The van der Waals surface area contributed by atoms with Gasteiger partial charge in [0.2, 0.25) is 0 Å². The van der Waals surface area contributed by atoms with Gasteiger partial charge in [-0.3, -0.25) is 4.90 Å². The van der Waals surface area contributed by atoms with Crippen LogP contribution < -0.4 is 11.1 Å². The maximum Gasteiger partial charge on any atom is 0.0599 e. The molecule has 0 aromatic heterocycles. The zero-order valence-electron chi connectivity index (χ0n) is 6.79. The van der Waals surface area contributed by atoms with Gasteiger partial charge in [0.25, 0.3) is 0 Å². The summed E-state index contributed by atoms with van der Waals surface area (Å²) >= 11 is 0. The molecule has 1 heterocycles. The van der Waals surface area contributed by atoms with Crippen LogP contribution in [0.1, 0.15) is 0 Å². The molecule has 1 rings (SSSR count). The Kier molecular flexibility index (Phi) is 3.79. The number of nitrogens with two attached hydrogens (primary N) is 1. The lowest BCUT2D eigenvalue weighted by molar-refractivity contribution is 0.104. The minimum Gasteiger partial charge on any atom is -0.395 e. The standard InChI is InChI=1S/C7H17N3O/c8-1-3-10-4-2-9-5-7(10)6-11/h7,9,11H,1-6,8H2. The van der Waals surface area contributed by atoms with Gasteiger partial charge in [0.15, 0.2) is 0 Å². The molecule has 1 fully saturated rings. The van der Waals surface area contributed by atoms with Gasteiger partial charge in [-0.25, -0.2) is 0 Å². The van der Waals surface area contributed by atoms with E-state index >= 15 is 0 Å². The number of hydrogen-bond acceptors (Lipinski definition) is 4. The fourth-order valence-electron chi connectivity index (χ4n) is 1.44. The van der Waals surface area contributed by atoms with Crippen LogP contribution in [0, 0.1) is 0 Å². The highest BCUT2D eigenvalue weighted by Crippen LogP contribution is 2.00. The van der Waals surface area contributed by atoms with Crippen molar-refractivity contribution >= 4 is 0 Å². The van der Waals surface area contributed by atoms with Crippen molar-refractivity contribution in [3.63, 3.8) is 0 Å². The first-order chi connectivity index (χ1) is 5.38. The second-order valence-corrected chi connectivity index (χ2v) is 2.87. The Balaban J connectivity index is 2.31. The van der Waals surface area contributed by atoms with Crippen molar-refractivity contribution in [3.8, 4) is 0 Å². The first-order valence-corrected chi connectivity index (χ1v) is 4.14. The quantitative estimate of drug-likeness (QED) is 0.455. The molecular formula is C7H17N3O. The second kappa shape index (κ2) is 4.66. The minimum absolute atomic E-state index is 0.229. The zero-order valence-corrected chi connectivity index (χ0v) is 6.79. The number of piperazine rings is 1. The van der Waals surface area contributed by atoms with E-state index in [0.29, 0.717) is 6.54 Å². The van der Waals surface area contributed by atoms with E-state index in [1.54, 1.807) is 0 Å². The summed E-state index contributed by atoms with van der Waals surface area (Å²) in [6, 6.07) is 0.271. The molecule has 1 aliphatic heterocycles. The summed E-state index contributed by atoms with van der Waals surface area (Å²) in [4.78, 5) is 2.23. The lowest BCUT2D eigenvalue weighted by Crippen LogP contribution is -2.54. The monoisotopic (exact) mass is 159 g/mol.